The van der Waals surface area contributed by atoms with E-state index in [1.807, 2.05) is 13.8 Å². The number of hydrogen-bond acceptors (Lipinski definition) is 4. The number of benzene rings is 1. The molecule has 4 nitrogen and oxygen atoms in total. The molecule has 0 aliphatic carbocycles. The summed E-state index contributed by atoms with van der Waals surface area (Å²) < 4.78 is 11.1. The van der Waals surface area contributed by atoms with E-state index in [-0.39, 0.29) is 23.6 Å². The second kappa shape index (κ2) is 6.02. The fraction of sp³-hybridized carbons (Fsp3) is 0.500. The third-order valence-electron chi connectivity index (χ3n) is 2.50. The van der Waals surface area contributed by atoms with Gasteiger partial charge in [0.1, 0.15) is 11.5 Å². The summed E-state index contributed by atoms with van der Waals surface area (Å²) in [4.78, 5) is 0. The van der Waals surface area contributed by atoms with Crippen LogP contribution in [0.3, 0.4) is 0 Å². The van der Waals surface area contributed by atoms with Crippen LogP contribution in [0.2, 0.25) is 0 Å². The average molecular weight is 257 g/mol. The molecule has 0 saturated carbocycles. The van der Waals surface area contributed by atoms with Gasteiger partial charge in [0.25, 0.3) is 0 Å². The largest absolute Gasteiger partial charge is 0.508 e. The first-order valence-electron chi connectivity index (χ1n) is 5.48. The fourth-order valence-electron chi connectivity index (χ4n) is 1.81. The van der Waals surface area contributed by atoms with Crippen LogP contribution in [0.1, 0.15) is 25.5 Å². The van der Waals surface area contributed by atoms with Crippen LogP contribution in [-0.4, -0.2) is 32.5 Å². The van der Waals surface area contributed by atoms with Crippen molar-refractivity contribution in [3.8, 4) is 11.5 Å². The van der Waals surface area contributed by atoms with Gasteiger partial charge in [0.05, 0.1) is 0 Å². The maximum Gasteiger partial charge on any atom is 0.120 e. The van der Waals surface area contributed by atoms with Crippen molar-refractivity contribution in [1.29, 1.82) is 0 Å². The van der Waals surface area contributed by atoms with Crippen molar-refractivity contribution < 1.29 is 14.4 Å². The number of rotatable bonds is 5. The average Bonchev–Trinajstić information content (AvgIpc) is 2.20. The van der Waals surface area contributed by atoms with Gasteiger partial charge in [-0.3, -0.25) is 4.21 Å². The van der Waals surface area contributed by atoms with Gasteiger partial charge in [-0.25, -0.2) is 0 Å². The van der Waals surface area contributed by atoms with Gasteiger partial charge in [0.2, 0.25) is 0 Å². The zero-order valence-electron chi connectivity index (χ0n) is 10.3. The Balaban J connectivity index is 2.72. The lowest BCUT2D eigenvalue weighted by Gasteiger charge is -2.20. The van der Waals surface area contributed by atoms with Gasteiger partial charge >= 0.3 is 0 Å². The summed E-state index contributed by atoms with van der Waals surface area (Å²) in [6.45, 7) is 3.83. The van der Waals surface area contributed by atoms with E-state index in [2.05, 4.69) is 5.32 Å². The minimum atomic E-state index is -0.853. The van der Waals surface area contributed by atoms with Crippen LogP contribution in [0.4, 0.5) is 0 Å². The molecule has 96 valence electrons. The fourth-order valence-corrected chi connectivity index (χ4v) is 2.61. The summed E-state index contributed by atoms with van der Waals surface area (Å²) in [6.07, 6.45) is 1.66. The van der Waals surface area contributed by atoms with Crippen LogP contribution in [0.25, 0.3) is 0 Å². The molecule has 3 unspecified atom stereocenters. The highest BCUT2D eigenvalue weighted by atomic mass is 32.2. The Morgan fingerprint density at radius 3 is 2.59 bits per heavy atom. The lowest BCUT2D eigenvalue weighted by Crippen LogP contribution is -2.33. The lowest BCUT2D eigenvalue weighted by atomic mass is 10.1. The maximum absolute atomic E-state index is 11.1. The molecule has 0 aliphatic heterocycles. The number of hydrogen-bond donors (Lipinski definition) is 3. The molecule has 5 heteroatoms. The number of aromatic hydroxyl groups is 2. The normalized spacial score (nSPS) is 16.4. The Hall–Kier alpha value is -1.07. The molecule has 0 spiro atoms. The predicted octanol–water partition coefficient (Wildman–Crippen LogP) is 1.52. The van der Waals surface area contributed by atoms with Crippen LogP contribution in [-0.2, 0) is 10.8 Å². The smallest absolute Gasteiger partial charge is 0.120 e. The molecule has 0 heterocycles. The molecule has 0 fully saturated rings. The summed E-state index contributed by atoms with van der Waals surface area (Å²) >= 11 is 0. The maximum atomic E-state index is 11.1. The van der Waals surface area contributed by atoms with E-state index in [1.54, 1.807) is 6.26 Å². The van der Waals surface area contributed by atoms with Crippen molar-refractivity contribution in [1.82, 2.24) is 5.32 Å². The van der Waals surface area contributed by atoms with E-state index in [9.17, 15) is 14.4 Å². The van der Waals surface area contributed by atoms with E-state index >= 15 is 0 Å². The molecular formula is C12H19NO3S. The Morgan fingerprint density at radius 2 is 2.00 bits per heavy atom. The summed E-state index contributed by atoms with van der Waals surface area (Å²) in [5.41, 5.74) is 0.638. The third kappa shape index (κ3) is 4.36. The van der Waals surface area contributed by atoms with E-state index in [1.165, 1.54) is 18.2 Å². The topological polar surface area (TPSA) is 69.6 Å². The van der Waals surface area contributed by atoms with Crippen LogP contribution in [0, 0.1) is 0 Å². The Labute approximate surface area is 104 Å². The van der Waals surface area contributed by atoms with E-state index in [0.29, 0.717) is 11.3 Å². The van der Waals surface area contributed by atoms with Gasteiger partial charge in [0, 0.05) is 40.5 Å². The molecule has 1 aromatic rings. The van der Waals surface area contributed by atoms with Crippen molar-refractivity contribution in [3.63, 3.8) is 0 Å². The van der Waals surface area contributed by atoms with Crippen molar-refractivity contribution >= 4 is 10.8 Å². The van der Waals surface area contributed by atoms with Crippen LogP contribution in [0.15, 0.2) is 18.2 Å². The quantitative estimate of drug-likeness (QED) is 0.699. The highest BCUT2D eigenvalue weighted by Crippen LogP contribution is 2.27. The Bertz CT molecular complexity index is 409. The Kier molecular flexibility index (Phi) is 4.96. The first-order chi connectivity index (χ1) is 7.90. The van der Waals surface area contributed by atoms with Crippen molar-refractivity contribution in [2.75, 3.05) is 12.0 Å². The first kappa shape index (κ1) is 14.0. The highest BCUT2D eigenvalue weighted by molar-refractivity contribution is 7.84. The second-order valence-electron chi connectivity index (χ2n) is 4.27. The van der Waals surface area contributed by atoms with E-state index in [0.717, 1.165) is 0 Å². The molecule has 0 radical (unpaired) electrons. The molecule has 0 saturated heterocycles. The summed E-state index contributed by atoms with van der Waals surface area (Å²) in [7, 11) is -0.853. The minimum absolute atomic E-state index is 0.0811. The van der Waals surface area contributed by atoms with Gasteiger partial charge in [0.15, 0.2) is 0 Å². The minimum Gasteiger partial charge on any atom is -0.508 e. The zero-order chi connectivity index (χ0) is 13.0. The number of phenolic OH excluding ortho intramolecular Hbond substituents is 2. The van der Waals surface area contributed by atoms with Crippen molar-refractivity contribution in [2.24, 2.45) is 0 Å². The summed E-state index contributed by atoms with van der Waals surface area (Å²) in [5, 5.41) is 22.3. The molecule has 1 aromatic carbocycles. The standard InChI is InChI=1S/C12H19NO3S/c1-8(7-17(3)16)13-9(2)11-6-10(14)4-5-12(11)15/h4-6,8-9,13-15H,7H2,1-3H3. The van der Waals surface area contributed by atoms with Gasteiger partial charge in [-0.2, -0.15) is 0 Å². The summed E-state index contributed by atoms with van der Waals surface area (Å²) in [6, 6.07) is 4.41. The van der Waals surface area contributed by atoms with Gasteiger partial charge in [-0.05, 0) is 32.0 Å². The van der Waals surface area contributed by atoms with Crippen molar-refractivity contribution in [2.45, 2.75) is 25.9 Å². The SMILES string of the molecule is CC(CS(C)=O)NC(C)c1cc(O)ccc1O. The second-order valence-corrected chi connectivity index (χ2v) is 5.75. The molecular weight excluding hydrogens is 238 g/mol. The number of nitrogens with one attached hydrogen (secondary N) is 1. The highest BCUT2D eigenvalue weighted by Gasteiger charge is 2.14. The zero-order valence-corrected chi connectivity index (χ0v) is 11.1. The molecule has 1 rings (SSSR count). The van der Waals surface area contributed by atoms with Crippen molar-refractivity contribution in [3.05, 3.63) is 23.8 Å². The lowest BCUT2D eigenvalue weighted by molar-refractivity contribution is 0.433. The van der Waals surface area contributed by atoms with Gasteiger partial charge in [-0.15, -0.1) is 0 Å². The van der Waals surface area contributed by atoms with Gasteiger partial charge < -0.3 is 15.5 Å². The monoisotopic (exact) mass is 257 g/mol. The third-order valence-corrected chi connectivity index (χ3v) is 3.47. The molecule has 0 aliphatic rings. The molecule has 0 aromatic heterocycles. The van der Waals surface area contributed by atoms with Gasteiger partial charge in [-0.1, -0.05) is 0 Å². The van der Waals surface area contributed by atoms with Crippen LogP contribution >= 0.6 is 0 Å². The van der Waals surface area contributed by atoms with E-state index < -0.39 is 10.8 Å². The molecule has 0 amide bonds. The number of phenols is 2. The Morgan fingerprint density at radius 1 is 1.35 bits per heavy atom. The van der Waals surface area contributed by atoms with E-state index in [4.69, 9.17) is 0 Å². The molecule has 17 heavy (non-hydrogen) atoms. The molecule has 0 bridgehead atoms. The molecule has 3 N–H and O–H groups in total. The predicted molar refractivity (Wildman–Crippen MR) is 69.7 cm³/mol. The first-order valence-corrected chi connectivity index (χ1v) is 7.20. The van der Waals surface area contributed by atoms with Crippen LogP contribution in [0.5, 0.6) is 11.5 Å². The molecule has 3 atom stereocenters. The van der Waals surface area contributed by atoms with Crippen LogP contribution < -0.4 is 5.32 Å². The summed E-state index contributed by atoms with van der Waals surface area (Å²) in [5.74, 6) is 0.829.